The van der Waals surface area contributed by atoms with Crippen LogP contribution in [0.4, 0.5) is 0 Å². The fourth-order valence-corrected chi connectivity index (χ4v) is 8.86. The largest absolute Gasteiger partial charge is 0.309 e. The average molecular weight is 713 g/mol. The summed E-state index contributed by atoms with van der Waals surface area (Å²) in [5.74, 6) is 1.58. The van der Waals surface area contributed by atoms with E-state index in [9.17, 15) is 0 Å². The third-order valence-electron chi connectivity index (χ3n) is 11.5. The van der Waals surface area contributed by atoms with Gasteiger partial charge in [-0.05, 0) is 87.9 Å². The maximum absolute atomic E-state index is 5.45. The van der Waals surface area contributed by atoms with Crippen molar-refractivity contribution in [2.24, 2.45) is 0 Å². The van der Waals surface area contributed by atoms with Crippen LogP contribution in [0.25, 0.3) is 110 Å². The van der Waals surface area contributed by atoms with Crippen molar-refractivity contribution in [1.29, 1.82) is 0 Å². The first-order chi connectivity index (χ1) is 27.8. The highest BCUT2D eigenvalue weighted by atomic mass is 15.1. The molecule has 3 aromatic heterocycles. The van der Waals surface area contributed by atoms with E-state index < -0.39 is 0 Å². The van der Waals surface area contributed by atoms with Gasteiger partial charge in [-0.1, -0.05) is 133 Å². The van der Waals surface area contributed by atoms with Crippen LogP contribution in [0, 0.1) is 0 Å². The zero-order valence-corrected chi connectivity index (χ0v) is 30.3. The maximum Gasteiger partial charge on any atom is 0.162 e. The van der Waals surface area contributed by atoms with E-state index in [2.05, 4.69) is 203 Å². The monoisotopic (exact) mass is 712 g/mol. The second kappa shape index (κ2) is 12.0. The first-order valence-electron chi connectivity index (χ1n) is 19.1. The Kier molecular flexibility index (Phi) is 6.60. The van der Waals surface area contributed by atoms with Gasteiger partial charge in [0.25, 0.3) is 0 Å². The lowest BCUT2D eigenvalue weighted by atomic mass is 10.0. The minimum Gasteiger partial charge on any atom is -0.309 e. The molecular formula is C52H32N4. The summed E-state index contributed by atoms with van der Waals surface area (Å²) in [4.78, 5) is 10.8. The van der Waals surface area contributed by atoms with E-state index in [1.54, 1.807) is 0 Å². The Morgan fingerprint density at radius 2 is 0.839 bits per heavy atom. The fourth-order valence-electron chi connectivity index (χ4n) is 8.86. The van der Waals surface area contributed by atoms with Gasteiger partial charge in [0.1, 0.15) is 5.82 Å². The van der Waals surface area contributed by atoms with Gasteiger partial charge in [-0.2, -0.15) is 0 Å². The van der Waals surface area contributed by atoms with Crippen LogP contribution in [0.3, 0.4) is 0 Å². The van der Waals surface area contributed by atoms with Crippen molar-refractivity contribution < 1.29 is 0 Å². The number of benzene rings is 9. The number of rotatable bonds is 4. The second-order valence-corrected chi connectivity index (χ2v) is 14.6. The third-order valence-corrected chi connectivity index (χ3v) is 11.5. The average Bonchev–Trinajstić information content (AvgIpc) is 3.78. The molecule has 0 saturated carbocycles. The standard InChI is InChI=1S/C52H32N4/c1-2-15-39(16-3-1)55-46-20-10-8-18-41(46)44-31-36(25-28-48(44)55)37-26-29-49-45(32-37)42-19-9-11-21-47(42)56(49)52-43-27-24-34-13-6-7-17-40(34)50(43)53-51(54-52)38-23-22-33-12-4-5-14-35(33)30-38/h1-32H. The lowest BCUT2D eigenvalue weighted by molar-refractivity contribution is 1.08. The van der Waals surface area contributed by atoms with Crippen molar-refractivity contribution in [3.63, 3.8) is 0 Å². The molecule has 12 rings (SSSR count). The highest BCUT2D eigenvalue weighted by Gasteiger charge is 2.20. The van der Waals surface area contributed by atoms with Crippen LogP contribution in [-0.2, 0) is 0 Å². The van der Waals surface area contributed by atoms with Gasteiger partial charge in [-0.3, -0.25) is 4.57 Å². The number of hydrogen-bond acceptors (Lipinski definition) is 2. The molecule has 3 heterocycles. The topological polar surface area (TPSA) is 35.6 Å². The lowest BCUT2D eigenvalue weighted by Crippen LogP contribution is -2.03. The summed E-state index contributed by atoms with van der Waals surface area (Å²) in [6.07, 6.45) is 0. The van der Waals surface area contributed by atoms with Crippen molar-refractivity contribution in [1.82, 2.24) is 19.1 Å². The first-order valence-corrected chi connectivity index (χ1v) is 19.1. The van der Waals surface area contributed by atoms with E-state index in [-0.39, 0.29) is 0 Å². The summed E-state index contributed by atoms with van der Waals surface area (Å²) in [6.45, 7) is 0. The van der Waals surface area contributed by atoms with E-state index in [1.165, 1.54) is 54.5 Å². The highest BCUT2D eigenvalue weighted by Crippen LogP contribution is 2.40. The Hall–Kier alpha value is -7.56. The van der Waals surface area contributed by atoms with Crippen LogP contribution in [-0.4, -0.2) is 19.1 Å². The van der Waals surface area contributed by atoms with Crippen LogP contribution in [0.15, 0.2) is 194 Å². The maximum atomic E-state index is 5.45. The molecule has 4 nitrogen and oxygen atoms in total. The number of para-hydroxylation sites is 3. The fraction of sp³-hybridized carbons (Fsp3) is 0. The predicted molar refractivity (Wildman–Crippen MR) is 234 cm³/mol. The van der Waals surface area contributed by atoms with E-state index in [4.69, 9.17) is 9.97 Å². The van der Waals surface area contributed by atoms with Crippen molar-refractivity contribution in [2.45, 2.75) is 0 Å². The summed E-state index contributed by atoms with van der Waals surface area (Å²) >= 11 is 0. The minimum atomic E-state index is 0.708. The Bertz CT molecular complexity index is 3540. The van der Waals surface area contributed by atoms with Crippen molar-refractivity contribution in [2.75, 3.05) is 0 Å². The van der Waals surface area contributed by atoms with Gasteiger partial charge in [0.15, 0.2) is 5.82 Å². The van der Waals surface area contributed by atoms with Gasteiger partial charge >= 0.3 is 0 Å². The third kappa shape index (κ3) is 4.60. The molecule has 0 radical (unpaired) electrons. The summed E-state index contributed by atoms with van der Waals surface area (Å²) in [5.41, 5.74) is 10.1. The molecular weight excluding hydrogens is 681 g/mol. The zero-order valence-electron chi connectivity index (χ0n) is 30.3. The molecule has 0 aliphatic heterocycles. The Morgan fingerprint density at radius 1 is 0.304 bits per heavy atom. The molecule has 0 unspecified atom stereocenters. The smallest absolute Gasteiger partial charge is 0.162 e. The summed E-state index contributed by atoms with van der Waals surface area (Å²) in [5, 5.41) is 10.5. The molecule has 0 amide bonds. The molecule has 0 spiro atoms. The van der Waals surface area contributed by atoms with Crippen molar-refractivity contribution in [3.05, 3.63) is 194 Å². The Labute approximate surface area is 322 Å². The van der Waals surface area contributed by atoms with Crippen LogP contribution in [0.5, 0.6) is 0 Å². The Balaban J connectivity index is 1.09. The molecule has 12 aromatic rings. The van der Waals surface area contributed by atoms with Crippen LogP contribution in [0.1, 0.15) is 0 Å². The van der Waals surface area contributed by atoms with Crippen molar-refractivity contribution in [3.8, 4) is 34.0 Å². The SMILES string of the molecule is c1ccc(-n2c3ccccc3c3cc(-c4ccc5c(c4)c4ccccc4n5-c4nc(-c5ccc6ccccc6c5)nc5c4ccc4ccccc45)ccc32)cc1. The predicted octanol–water partition coefficient (Wildman–Crippen LogP) is 13.5. The molecule has 0 fully saturated rings. The second-order valence-electron chi connectivity index (χ2n) is 14.6. The molecule has 0 atom stereocenters. The highest BCUT2D eigenvalue weighted by molar-refractivity contribution is 6.14. The van der Waals surface area contributed by atoms with Crippen LogP contribution < -0.4 is 0 Å². The van der Waals surface area contributed by atoms with E-state index >= 15 is 0 Å². The Morgan fingerprint density at radius 3 is 1.57 bits per heavy atom. The molecule has 0 bridgehead atoms. The quantitative estimate of drug-likeness (QED) is 0.170. The van der Waals surface area contributed by atoms with E-state index in [1.807, 2.05) is 0 Å². The molecule has 0 aliphatic carbocycles. The van der Waals surface area contributed by atoms with E-state index in [0.717, 1.165) is 49.8 Å². The van der Waals surface area contributed by atoms with Crippen LogP contribution >= 0.6 is 0 Å². The molecule has 260 valence electrons. The van der Waals surface area contributed by atoms with Crippen molar-refractivity contribution >= 4 is 76.1 Å². The van der Waals surface area contributed by atoms with Gasteiger partial charge < -0.3 is 4.57 Å². The number of aromatic nitrogens is 4. The zero-order chi connectivity index (χ0) is 36.7. The van der Waals surface area contributed by atoms with Gasteiger partial charge in [-0.15, -0.1) is 0 Å². The first kappa shape index (κ1) is 30.9. The summed E-state index contributed by atoms with van der Waals surface area (Å²) in [6, 6.07) is 69.7. The molecule has 0 aliphatic rings. The summed E-state index contributed by atoms with van der Waals surface area (Å²) in [7, 11) is 0. The number of nitrogens with zero attached hydrogens (tertiary/aromatic N) is 4. The molecule has 0 N–H and O–H groups in total. The minimum absolute atomic E-state index is 0.708. The molecule has 56 heavy (non-hydrogen) atoms. The number of fused-ring (bicyclic) bond motifs is 10. The van der Waals surface area contributed by atoms with Gasteiger partial charge in [-0.25, -0.2) is 9.97 Å². The molecule has 0 saturated heterocycles. The normalized spacial score (nSPS) is 11.9. The summed E-state index contributed by atoms with van der Waals surface area (Å²) < 4.78 is 4.71. The van der Waals surface area contributed by atoms with E-state index in [0.29, 0.717) is 5.82 Å². The molecule has 4 heteroatoms. The van der Waals surface area contributed by atoms with Gasteiger partial charge in [0.2, 0.25) is 0 Å². The molecule has 9 aromatic carbocycles. The van der Waals surface area contributed by atoms with Gasteiger partial charge in [0.05, 0.1) is 27.6 Å². The van der Waals surface area contributed by atoms with Crippen LogP contribution in [0.2, 0.25) is 0 Å². The lowest BCUT2D eigenvalue weighted by Gasteiger charge is -2.14. The number of hydrogen-bond donors (Lipinski definition) is 0. The van der Waals surface area contributed by atoms with Gasteiger partial charge in [0, 0.05) is 43.6 Å².